The number of hydrogen-bond acceptors (Lipinski definition) is 8. The molecule has 254 valence electrons. The predicted octanol–water partition coefficient (Wildman–Crippen LogP) is 0.346. The van der Waals surface area contributed by atoms with Crippen LogP contribution in [0.3, 0.4) is 0 Å². The number of carboxylic acid groups (broad SMARTS) is 4. The average molecular weight is 665 g/mol. The minimum absolute atomic E-state index is 0.0385. The van der Waals surface area contributed by atoms with Crippen LogP contribution in [0.4, 0.5) is 0 Å². The summed E-state index contributed by atoms with van der Waals surface area (Å²) >= 11 is 0. The third kappa shape index (κ3) is 9.88. The van der Waals surface area contributed by atoms with E-state index >= 15 is 0 Å². The van der Waals surface area contributed by atoms with Gasteiger partial charge in [-0.1, -0.05) is 36.4 Å². The van der Waals surface area contributed by atoms with E-state index in [0.717, 1.165) is 21.8 Å². The summed E-state index contributed by atoms with van der Waals surface area (Å²) in [5.74, 6) is -6.70. The maximum atomic E-state index is 12.9. The van der Waals surface area contributed by atoms with Crippen molar-refractivity contribution in [2.45, 2.75) is 24.9 Å². The Bertz CT molecular complexity index is 1670. The Morgan fingerprint density at radius 1 is 0.583 bits per heavy atom. The zero-order valence-corrected chi connectivity index (χ0v) is 25.7. The van der Waals surface area contributed by atoms with E-state index in [0.29, 0.717) is 11.1 Å². The minimum atomic E-state index is -1.32. The quantitative estimate of drug-likeness (QED) is 0.0677. The summed E-state index contributed by atoms with van der Waals surface area (Å²) in [6.45, 7) is -2.68. The first kappa shape index (κ1) is 35.1. The van der Waals surface area contributed by atoms with Crippen molar-refractivity contribution in [3.05, 3.63) is 72.1 Å². The Kier molecular flexibility index (Phi) is 11.8. The first-order valence-electron chi connectivity index (χ1n) is 14.9. The van der Waals surface area contributed by atoms with Gasteiger partial charge in [0.1, 0.15) is 12.1 Å². The van der Waals surface area contributed by atoms with Gasteiger partial charge in [0, 0.05) is 60.1 Å². The van der Waals surface area contributed by atoms with Gasteiger partial charge in [0.25, 0.3) is 0 Å². The molecule has 16 heteroatoms. The lowest BCUT2D eigenvalue weighted by molar-refractivity contribution is -0.143. The lowest BCUT2D eigenvalue weighted by Gasteiger charge is -2.26. The number of aromatic nitrogens is 2. The number of rotatable bonds is 19. The first-order valence-corrected chi connectivity index (χ1v) is 14.9. The van der Waals surface area contributed by atoms with Crippen LogP contribution >= 0.6 is 0 Å². The maximum absolute atomic E-state index is 12.9. The van der Waals surface area contributed by atoms with E-state index in [1.165, 1.54) is 9.80 Å². The average Bonchev–Trinajstić information content (AvgIpc) is 3.62. The molecule has 0 fully saturated rings. The number of fused-ring (bicyclic) bond motifs is 2. The van der Waals surface area contributed by atoms with Crippen LogP contribution in [0.5, 0.6) is 0 Å². The van der Waals surface area contributed by atoms with E-state index in [9.17, 15) is 49.2 Å². The predicted molar refractivity (Wildman–Crippen MR) is 171 cm³/mol. The van der Waals surface area contributed by atoms with Crippen molar-refractivity contribution < 1.29 is 49.2 Å². The Hall–Kier alpha value is -5.74. The fraction of sp³-hybridized carbons (Fsp3) is 0.312. The molecule has 4 aromatic rings. The van der Waals surface area contributed by atoms with E-state index in [1.807, 2.05) is 36.4 Å². The van der Waals surface area contributed by atoms with Gasteiger partial charge < -0.3 is 41.0 Å². The Morgan fingerprint density at radius 2 is 0.958 bits per heavy atom. The molecule has 0 aliphatic carbocycles. The summed E-state index contributed by atoms with van der Waals surface area (Å²) in [6.07, 6.45) is 3.22. The van der Waals surface area contributed by atoms with Crippen molar-refractivity contribution in [2.75, 3.05) is 39.3 Å². The fourth-order valence-corrected chi connectivity index (χ4v) is 5.42. The summed E-state index contributed by atoms with van der Waals surface area (Å²) in [5, 5.41) is 44.8. The molecule has 8 N–H and O–H groups in total. The second-order valence-electron chi connectivity index (χ2n) is 11.3. The first-order chi connectivity index (χ1) is 22.9. The van der Waals surface area contributed by atoms with Crippen LogP contribution in [0.25, 0.3) is 21.8 Å². The topological polar surface area (TPSA) is 245 Å². The van der Waals surface area contributed by atoms with E-state index < -0.39 is 74.0 Å². The van der Waals surface area contributed by atoms with E-state index in [2.05, 4.69) is 20.6 Å². The molecule has 0 spiro atoms. The van der Waals surface area contributed by atoms with Gasteiger partial charge in [-0.2, -0.15) is 0 Å². The number of carboxylic acids is 4. The van der Waals surface area contributed by atoms with Crippen LogP contribution < -0.4 is 10.6 Å². The van der Waals surface area contributed by atoms with Gasteiger partial charge in [0.15, 0.2) is 0 Å². The molecule has 0 aliphatic rings. The number of H-pyrrole nitrogens is 2. The number of nitrogens with zero attached hydrogens (tertiary/aromatic N) is 2. The fourth-order valence-electron chi connectivity index (χ4n) is 5.42. The second-order valence-corrected chi connectivity index (χ2v) is 11.3. The highest BCUT2D eigenvalue weighted by molar-refractivity contribution is 5.89. The second kappa shape index (κ2) is 16.2. The summed E-state index contributed by atoms with van der Waals surface area (Å²) in [4.78, 5) is 81.3. The van der Waals surface area contributed by atoms with Crippen molar-refractivity contribution in [2.24, 2.45) is 0 Å². The standard InChI is InChI=1S/C32H36N6O10/c39-27(35-25(31(45)46)11-19-13-33-23-7-3-1-5-21(19)23)15-37(17-29(41)42)9-10-38(18-30(43)44)16-28(40)36-26(32(47)48)12-20-14-34-24-8-4-2-6-22(20)24/h1-8,13-14,25-26,33-34H,9-12,15-18H2,(H,35,39)(H,36,40)(H,41,42)(H,43,44)(H,45,46)(H,47,48)/t25-,26-/m0/s1. The van der Waals surface area contributed by atoms with Crippen LogP contribution in [-0.2, 0) is 41.6 Å². The number of aliphatic carboxylic acids is 4. The molecule has 48 heavy (non-hydrogen) atoms. The molecule has 0 saturated carbocycles. The number of hydrogen-bond donors (Lipinski definition) is 8. The normalized spacial score (nSPS) is 12.6. The molecule has 0 saturated heterocycles. The monoisotopic (exact) mass is 664 g/mol. The molecule has 4 rings (SSSR count). The summed E-state index contributed by atoms with van der Waals surface area (Å²) in [6, 6.07) is 11.9. The SMILES string of the molecule is O=C(O)CN(CCN(CC(=O)O)CC(=O)N[C@@H](Cc1c[nH]c2ccccc12)C(=O)O)CC(=O)N[C@@H](Cc1c[nH]c2ccccc12)C(=O)O. The van der Waals surface area contributed by atoms with Gasteiger partial charge in [0.05, 0.1) is 26.2 Å². The van der Waals surface area contributed by atoms with Crippen LogP contribution in [0.2, 0.25) is 0 Å². The van der Waals surface area contributed by atoms with E-state index in [-0.39, 0.29) is 25.9 Å². The number of carbonyl (C=O) groups excluding carboxylic acids is 2. The van der Waals surface area contributed by atoms with Gasteiger partial charge in [-0.05, 0) is 23.3 Å². The van der Waals surface area contributed by atoms with Gasteiger partial charge >= 0.3 is 23.9 Å². The van der Waals surface area contributed by atoms with E-state index in [4.69, 9.17) is 0 Å². The molecule has 2 aromatic heterocycles. The highest BCUT2D eigenvalue weighted by Crippen LogP contribution is 2.20. The number of carbonyl (C=O) groups is 6. The third-order valence-corrected chi connectivity index (χ3v) is 7.65. The highest BCUT2D eigenvalue weighted by atomic mass is 16.4. The lowest BCUT2D eigenvalue weighted by atomic mass is 10.0. The van der Waals surface area contributed by atoms with Crippen molar-refractivity contribution >= 4 is 57.5 Å². The molecule has 0 unspecified atom stereocenters. The van der Waals surface area contributed by atoms with Crippen LogP contribution in [0, 0.1) is 0 Å². The lowest BCUT2D eigenvalue weighted by Crippen LogP contribution is -2.50. The van der Waals surface area contributed by atoms with Gasteiger partial charge in [-0.15, -0.1) is 0 Å². The molecule has 0 bridgehead atoms. The van der Waals surface area contributed by atoms with Gasteiger partial charge in [-0.3, -0.25) is 29.0 Å². The van der Waals surface area contributed by atoms with Crippen LogP contribution in [-0.4, -0.2) is 127 Å². The number of nitrogens with one attached hydrogen (secondary N) is 4. The zero-order chi connectivity index (χ0) is 34.8. The molecule has 0 aliphatic heterocycles. The number of amides is 2. The summed E-state index contributed by atoms with van der Waals surface area (Å²) in [7, 11) is 0. The van der Waals surface area contributed by atoms with Crippen LogP contribution in [0.15, 0.2) is 60.9 Å². The number of benzene rings is 2. The Labute approximate surface area is 273 Å². The minimum Gasteiger partial charge on any atom is -0.480 e. The number of para-hydroxylation sites is 2. The smallest absolute Gasteiger partial charge is 0.326 e. The summed E-state index contributed by atoms with van der Waals surface area (Å²) in [5.41, 5.74) is 2.91. The maximum Gasteiger partial charge on any atom is 0.326 e. The van der Waals surface area contributed by atoms with Crippen molar-refractivity contribution in [3.63, 3.8) is 0 Å². The Balaban J connectivity index is 1.36. The van der Waals surface area contributed by atoms with Crippen LogP contribution in [0.1, 0.15) is 11.1 Å². The highest BCUT2D eigenvalue weighted by Gasteiger charge is 2.26. The Morgan fingerprint density at radius 3 is 1.31 bits per heavy atom. The largest absolute Gasteiger partial charge is 0.480 e. The molecule has 16 nitrogen and oxygen atoms in total. The molecule has 2 amide bonds. The zero-order valence-electron chi connectivity index (χ0n) is 25.7. The van der Waals surface area contributed by atoms with Crippen molar-refractivity contribution in [1.29, 1.82) is 0 Å². The molecule has 2 atom stereocenters. The van der Waals surface area contributed by atoms with Gasteiger partial charge in [-0.25, -0.2) is 9.59 Å². The molecule has 0 radical (unpaired) electrons. The summed E-state index contributed by atoms with van der Waals surface area (Å²) < 4.78 is 0. The van der Waals surface area contributed by atoms with E-state index in [1.54, 1.807) is 24.5 Å². The third-order valence-electron chi connectivity index (χ3n) is 7.65. The molecule has 2 aromatic carbocycles. The van der Waals surface area contributed by atoms with Gasteiger partial charge in [0.2, 0.25) is 11.8 Å². The number of aromatic amines is 2. The molecular weight excluding hydrogens is 628 g/mol. The van der Waals surface area contributed by atoms with Crippen molar-refractivity contribution in [1.82, 2.24) is 30.4 Å². The molecular formula is C32H36N6O10. The molecule has 2 heterocycles. The van der Waals surface area contributed by atoms with Crippen molar-refractivity contribution in [3.8, 4) is 0 Å².